The summed E-state index contributed by atoms with van der Waals surface area (Å²) >= 11 is 8.86. The van der Waals surface area contributed by atoms with Crippen LogP contribution in [0, 0.1) is 0 Å². The zero-order chi connectivity index (χ0) is 21.5. The molecular weight excluding hydrogens is 448 g/mol. The molecule has 160 valence electrons. The van der Waals surface area contributed by atoms with Gasteiger partial charge in [0.1, 0.15) is 17.7 Å². The summed E-state index contributed by atoms with van der Waals surface area (Å²) in [6.07, 6.45) is -0.772. The number of benzene rings is 1. The number of para-hydroxylation sites is 1. The van der Waals surface area contributed by atoms with Crippen molar-refractivity contribution in [1.82, 2.24) is 10.3 Å². The molecule has 2 N–H and O–H groups in total. The van der Waals surface area contributed by atoms with Crippen LogP contribution in [0.2, 0.25) is 4.34 Å². The molecule has 0 radical (unpaired) electrons. The molecule has 1 unspecified atom stereocenters. The summed E-state index contributed by atoms with van der Waals surface area (Å²) in [6, 6.07) is 8.97. The van der Waals surface area contributed by atoms with E-state index in [1.165, 1.54) is 36.9 Å². The van der Waals surface area contributed by atoms with Gasteiger partial charge in [-0.1, -0.05) is 17.7 Å². The minimum Gasteiger partial charge on any atom is -0.493 e. The van der Waals surface area contributed by atoms with E-state index in [4.69, 9.17) is 25.8 Å². The topological polar surface area (TPSA) is 89.9 Å². The molecule has 0 bridgehead atoms. The molecule has 0 saturated heterocycles. The van der Waals surface area contributed by atoms with Crippen LogP contribution in [0.4, 0.5) is 0 Å². The minimum atomic E-state index is -0.900. The van der Waals surface area contributed by atoms with Crippen LogP contribution in [-0.4, -0.2) is 49.5 Å². The van der Waals surface area contributed by atoms with Crippen molar-refractivity contribution in [3.8, 4) is 27.1 Å². The lowest BCUT2D eigenvalue weighted by Crippen LogP contribution is -2.36. The van der Waals surface area contributed by atoms with Gasteiger partial charge in [-0.25, -0.2) is 4.98 Å². The molecule has 2 heterocycles. The van der Waals surface area contributed by atoms with Crippen LogP contribution in [0.25, 0.3) is 9.88 Å². The van der Waals surface area contributed by atoms with E-state index in [0.717, 1.165) is 9.88 Å². The van der Waals surface area contributed by atoms with Gasteiger partial charge in [0, 0.05) is 11.9 Å². The summed E-state index contributed by atoms with van der Waals surface area (Å²) in [5, 5.41) is 15.5. The Kier molecular flexibility index (Phi) is 7.92. The number of ether oxygens (including phenoxy) is 3. The van der Waals surface area contributed by atoms with Gasteiger partial charge in [-0.15, -0.1) is 22.7 Å². The average molecular weight is 469 g/mol. The second kappa shape index (κ2) is 10.6. The molecule has 3 aromatic rings. The normalized spacial score (nSPS) is 11.7. The molecule has 30 heavy (non-hydrogen) atoms. The Hall–Kier alpha value is -2.33. The van der Waals surface area contributed by atoms with Crippen molar-refractivity contribution < 1.29 is 24.1 Å². The molecule has 10 heteroatoms. The Morgan fingerprint density at radius 3 is 2.60 bits per heavy atom. The molecule has 1 atom stereocenters. The molecular formula is C20H21ClN2O5S2. The van der Waals surface area contributed by atoms with E-state index in [1.807, 2.05) is 17.5 Å². The molecule has 1 amide bonds. The fraction of sp³-hybridized carbons (Fsp3) is 0.300. The van der Waals surface area contributed by atoms with Crippen molar-refractivity contribution in [2.24, 2.45) is 0 Å². The van der Waals surface area contributed by atoms with Crippen molar-refractivity contribution >= 4 is 40.2 Å². The van der Waals surface area contributed by atoms with Gasteiger partial charge in [0.25, 0.3) is 0 Å². The highest BCUT2D eigenvalue weighted by atomic mass is 35.5. The van der Waals surface area contributed by atoms with E-state index in [9.17, 15) is 9.90 Å². The molecule has 0 aliphatic rings. The molecule has 0 aliphatic heterocycles. The molecule has 1 aromatic carbocycles. The number of hydrogen-bond donors (Lipinski definition) is 2. The number of hydrogen-bond acceptors (Lipinski definition) is 8. The van der Waals surface area contributed by atoms with Gasteiger partial charge in [-0.2, -0.15) is 0 Å². The van der Waals surface area contributed by atoms with Crippen molar-refractivity contribution in [3.05, 3.63) is 45.7 Å². The largest absolute Gasteiger partial charge is 0.493 e. The number of nitrogens with one attached hydrogen (secondary N) is 1. The van der Waals surface area contributed by atoms with E-state index < -0.39 is 6.10 Å². The predicted octanol–water partition coefficient (Wildman–Crippen LogP) is 3.64. The Balaban J connectivity index is 1.47. The summed E-state index contributed by atoms with van der Waals surface area (Å²) in [5.74, 6) is 1.16. The van der Waals surface area contributed by atoms with Crippen molar-refractivity contribution in [2.75, 3.05) is 27.4 Å². The summed E-state index contributed by atoms with van der Waals surface area (Å²) in [4.78, 5) is 17.6. The van der Waals surface area contributed by atoms with Crippen molar-refractivity contribution in [2.45, 2.75) is 12.5 Å². The number of methoxy groups -OCH3 is 2. The van der Waals surface area contributed by atoms with Crippen LogP contribution in [0.15, 0.2) is 35.7 Å². The van der Waals surface area contributed by atoms with Crippen LogP contribution < -0.4 is 19.5 Å². The maximum absolute atomic E-state index is 12.2. The third-order valence-corrected chi connectivity index (χ3v) is 6.31. The van der Waals surface area contributed by atoms with Crippen LogP contribution in [0.5, 0.6) is 17.2 Å². The molecule has 0 aliphatic carbocycles. The summed E-state index contributed by atoms with van der Waals surface area (Å²) in [7, 11) is 3.05. The first-order valence-electron chi connectivity index (χ1n) is 8.98. The number of amides is 1. The maximum atomic E-state index is 12.2. The fourth-order valence-electron chi connectivity index (χ4n) is 2.59. The summed E-state index contributed by atoms with van der Waals surface area (Å²) < 4.78 is 16.8. The van der Waals surface area contributed by atoms with Crippen LogP contribution in [0.3, 0.4) is 0 Å². The summed E-state index contributed by atoms with van der Waals surface area (Å²) in [6.45, 7) is 0.0187. The molecule has 0 fully saturated rings. The highest BCUT2D eigenvalue weighted by Gasteiger charge is 2.15. The molecule has 7 nitrogen and oxygen atoms in total. The minimum absolute atomic E-state index is 0.0308. The number of thiophene rings is 1. The fourth-order valence-corrected chi connectivity index (χ4v) is 4.52. The Bertz CT molecular complexity index is 969. The number of nitrogens with zero attached hydrogens (tertiary/aromatic N) is 1. The smallest absolute Gasteiger partial charge is 0.226 e. The van der Waals surface area contributed by atoms with Gasteiger partial charge in [-0.3, -0.25) is 4.79 Å². The van der Waals surface area contributed by atoms with E-state index in [1.54, 1.807) is 18.2 Å². The Morgan fingerprint density at radius 2 is 1.97 bits per heavy atom. The second-order valence-corrected chi connectivity index (χ2v) is 8.76. The zero-order valence-electron chi connectivity index (χ0n) is 16.4. The number of thiazole rings is 1. The lowest BCUT2D eigenvalue weighted by Gasteiger charge is -2.17. The maximum Gasteiger partial charge on any atom is 0.226 e. The number of aliphatic hydroxyl groups excluding tert-OH is 1. The third kappa shape index (κ3) is 5.85. The van der Waals surface area contributed by atoms with Crippen LogP contribution in [-0.2, 0) is 11.2 Å². The van der Waals surface area contributed by atoms with E-state index in [2.05, 4.69) is 10.3 Å². The number of carbonyl (C=O) groups is 1. The van der Waals surface area contributed by atoms with Crippen molar-refractivity contribution in [3.63, 3.8) is 0 Å². The number of halogens is 1. The molecule has 2 aromatic heterocycles. The lowest BCUT2D eigenvalue weighted by molar-refractivity contribution is -0.121. The summed E-state index contributed by atoms with van der Waals surface area (Å²) in [5.41, 5.74) is 0.668. The zero-order valence-corrected chi connectivity index (χ0v) is 18.8. The average Bonchev–Trinajstić information content (AvgIpc) is 3.39. The monoisotopic (exact) mass is 468 g/mol. The van der Waals surface area contributed by atoms with E-state index in [0.29, 0.717) is 27.3 Å². The lowest BCUT2D eigenvalue weighted by atomic mass is 10.3. The van der Waals surface area contributed by atoms with Gasteiger partial charge in [0.2, 0.25) is 11.7 Å². The molecule has 3 rings (SSSR count). The quantitative estimate of drug-likeness (QED) is 0.472. The number of aliphatic hydroxyl groups is 1. The van der Waals surface area contributed by atoms with E-state index >= 15 is 0 Å². The van der Waals surface area contributed by atoms with Gasteiger partial charge in [0.15, 0.2) is 11.5 Å². The second-order valence-electron chi connectivity index (χ2n) is 6.19. The molecule has 0 spiro atoms. The standard InChI is InChI=1S/C20H21ClN2O5S2/c1-26-14-4-3-5-15(27-2)19(14)28-10-13(24)9-22-18(25)8-12-11-29-20(23-12)16-6-7-17(21)30-16/h3-7,11,13,24H,8-10H2,1-2H3,(H,22,25). The first-order chi connectivity index (χ1) is 14.5. The predicted molar refractivity (Wildman–Crippen MR) is 118 cm³/mol. The Labute approximate surface area is 187 Å². The van der Waals surface area contributed by atoms with Crippen molar-refractivity contribution in [1.29, 1.82) is 0 Å². The van der Waals surface area contributed by atoms with Gasteiger partial charge < -0.3 is 24.6 Å². The van der Waals surface area contributed by atoms with Crippen LogP contribution >= 0.6 is 34.3 Å². The van der Waals surface area contributed by atoms with E-state index in [-0.39, 0.29) is 25.5 Å². The first-order valence-corrected chi connectivity index (χ1v) is 11.1. The van der Waals surface area contributed by atoms with Gasteiger partial charge >= 0.3 is 0 Å². The van der Waals surface area contributed by atoms with Gasteiger partial charge in [-0.05, 0) is 24.3 Å². The molecule has 0 saturated carbocycles. The first kappa shape index (κ1) is 22.4. The number of rotatable bonds is 10. The SMILES string of the molecule is COc1cccc(OC)c1OCC(O)CNC(=O)Cc1csc(-c2ccc(Cl)s2)n1. The number of carbonyl (C=O) groups excluding carboxylic acids is 1. The highest BCUT2D eigenvalue weighted by molar-refractivity contribution is 7.23. The third-order valence-electron chi connectivity index (χ3n) is 4.01. The number of aromatic nitrogens is 1. The Morgan fingerprint density at radius 1 is 1.23 bits per heavy atom. The van der Waals surface area contributed by atoms with Crippen LogP contribution in [0.1, 0.15) is 5.69 Å². The van der Waals surface area contributed by atoms with Gasteiger partial charge in [0.05, 0.1) is 35.5 Å². The highest BCUT2D eigenvalue weighted by Crippen LogP contribution is 2.36.